The predicted molar refractivity (Wildman–Crippen MR) is 81.2 cm³/mol. The van der Waals surface area contributed by atoms with Crippen molar-refractivity contribution in [2.24, 2.45) is 0 Å². The Morgan fingerprint density at radius 1 is 1.33 bits per heavy atom. The van der Waals surface area contributed by atoms with Crippen molar-refractivity contribution in [2.45, 2.75) is 51.1 Å². The zero-order chi connectivity index (χ0) is 15.2. The molecular formula is C15H21N3O3. The number of amides is 1. The zero-order valence-corrected chi connectivity index (χ0v) is 12.2. The van der Waals surface area contributed by atoms with Crippen molar-refractivity contribution in [2.75, 3.05) is 5.32 Å². The highest BCUT2D eigenvalue weighted by molar-refractivity contribution is 5.84. The van der Waals surface area contributed by atoms with E-state index >= 15 is 0 Å². The first-order valence-electron chi connectivity index (χ1n) is 7.37. The highest BCUT2D eigenvalue weighted by Gasteiger charge is 2.19. The van der Waals surface area contributed by atoms with Gasteiger partial charge in [0.2, 0.25) is 5.91 Å². The Kier molecular flexibility index (Phi) is 5.14. The molecule has 0 unspecified atom stereocenters. The van der Waals surface area contributed by atoms with Crippen LogP contribution in [0.3, 0.4) is 0 Å². The summed E-state index contributed by atoms with van der Waals surface area (Å²) in [5.74, 6) is -0.0617. The fourth-order valence-electron chi connectivity index (χ4n) is 2.60. The number of anilines is 1. The Bertz CT molecular complexity index is 513. The molecule has 114 valence electrons. The van der Waals surface area contributed by atoms with Crippen LogP contribution in [-0.2, 0) is 4.79 Å². The largest absolute Gasteiger partial charge is 0.374 e. The van der Waals surface area contributed by atoms with Gasteiger partial charge in [0, 0.05) is 23.9 Å². The maximum absolute atomic E-state index is 12.1. The van der Waals surface area contributed by atoms with Crippen molar-refractivity contribution in [1.29, 1.82) is 0 Å². The molecule has 1 aliphatic rings. The van der Waals surface area contributed by atoms with E-state index in [-0.39, 0.29) is 17.6 Å². The molecule has 21 heavy (non-hydrogen) atoms. The van der Waals surface area contributed by atoms with Gasteiger partial charge in [0.1, 0.15) is 6.04 Å². The molecule has 1 aromatic rings. The Balaban J connectivity index is 1.90. The van der Waals surface area contributed by atoms with Crippen LogP contribution in [0, 0.1) is 10.1 Å². The molecule has 0 saturated heterocycles. The summed E-state index contributed by atoms with van der Waals surface area (Å²) in [6, 6.07) is 6.03. The van der Waals surface area contributed by atoms with Gasteiger partial charge in [-0.05, 0) is 25.8 Å². The third-order valence-electron chi connectivity index (χ3n) is 3.78. The van der Waals surface area contributed by atoms with Gasteiger partial charge in [0.05, 0.1) is 4.92 Å². The highest BCUT2D eigenvalue weighted by Crippen LogP contribution is 2.19. The Morgan fingerprint density at radius 2 is 2.05 bits per heavy atom. The van der Waals surface area contributed by atoms with E-state index in [1.807, 2.05) is 0 Å². The molecule has 0 spiro atoms. The van der Waals surface area contributed by atoms with E-state index in [2.05, 4.69) is 10.6 Å². The van der Waals surface area contributed by atoms with Crippen LogP contribution in [0.15, 0.2) is 24.3 Å². The van der Waals surface area contributed by atoms with Crippen molar-refractivity contribution in [3.63, 3.8) is 0 Å². The lowest BCUT2D eigenvalue weighted by Crippen LogP contribution is -2.44. The van der Waals surface area contributed by atoms with Gasteiger partial charge in [-0.15, -0.1) is 0 Å². The first kappa shape index (κ1) is 15.3. The van der Waals surface area contributed by atoms with Crippen LogP contribution < -0.4 is 10.6 Å². The lowest BCUT2D eigenvalue weighted by Gasteiger charge is -2.25. The Morgan fingerprint density at radius 3 is 2.71 bits per heavy atom. The maximum Gasteiger partial charge on any atom is 0.271 e. The summed E-state index contributed by atoms with van der Waals surface area (Å²) in [5, 5.41) is 16.8. The van der Waals surface area contributed by atoms with Crippen LogP contribution in [0.25, 0.3) is 0 Å². The normalized spacial score (nSPS) is 17.0. The van der Waals surface area contributed by atoms with Gasteiger partial charge in [-0.2, -0.15) is 0 Å². The summed E-state index contributed by atoms with van der Waals surface area (Å²) in [5.41, 5.74) is 0.593. The molecule has 1 saturated carbocycles. The molecule has 1 amide bonds. The molecule has 6 heteroatoms. The third kappa shape index (κ3) is 4.44. The molecule has 1 fully saturated rings. The average molecular weight is 291 g/mol. The molecule has 1 aliphatic carbocycles. The number of hydrogen-bond donors (Lipinski definition) is 2. The second-order valence-electron chi connectivity index (χ2n) is 5.52. The summed E-state index contributed by atoms with van der Waals surface area (Å²) in [7, 11) is 0. The number of nitro groups is 1. The number of non-ortho nitro benzene ring substituents is 1. The third-order valence-corrected chi connectivity index (χ3v) is 3.78. The van der Waals surface area contributed by atoms with Crippen molar-refractivity contribution in [3.05, 3.63) is 34.4 Å². The lowest BCUT2D eigenvalue weighted by atomic mass is 9.95. The van der Waals surface area contributed by atoms with Gasteiger partial charge in [0.25, 0.3) is 5.69 Å². The molecule has 1 aromatic carbocycles. The molecule has 0 heterocycles. The first-order valence-corrected chi connectivity index (χ1v) is 7.37. The average Bonchev–Trinajstić information content (AvgIpc) is 2.48. The number of nitro benzene ring substituents is 1. The van der Waals surface area contributed by atoms with Crippen LogP contribution in [0.4, 0.5) is 11.4 Å². The topological polar surface area (TPSA) is 84.3 Å². The van der Waals surface area contributed by atoms with Crippen LogP contribution in [0.2, 0.25) is 0 Å². The van der Waals surface area contributed by atoms with Crippen LogP contribution >= 0.6 is 0 Å². The molecule has 0 aromatic heterocycles. The minimum Gasteiger partial charge on any atom is -0.374 e. The van der Waals surface area contributed by atoms with Crippen molar-refractivity contribution < 1.29 is 9.72 Å². The number of rotatable bonds is 5. The van der Waals surface area contributed by atoms with Gasteiger partial charge >= 0.3 is 0 Å². The van der Waals surface area contributed by atoms with Gasteiger partial charge in [0.15, 0.2) is 0 Å². The van der Waals surface area contributed by atoms with E-state index in [4.69, 9.17) is 0 Å². The van der Waals surface area contributed by atoms with Crippen molar-refractivity contribution in [3.8, 4) is 0 Å². The summed E-state index contributed by atoms with van der Waals surface area (Å²) >= 11 is 0. The van der Waals surface area contributed by atoms with Gasteiger partial charge in [-0.1, -0.05) is 25.3 Å². The molecule has 2 rings (SSSR count). The zero-order valence-electron chi connectivity index (χ0n) is 12.2. The lowest BCUT2D eigenvalue weighted by molar-refractivity contribution is -0.384. The fourth-order valence-corrected chi connectivity index (χ4v) is 2.60. The maximum atomic E-state index is 12.1. The first-order chi connectivity index (χ1) is 10.1. The minimum absolute atomic E-state index is 0.0138. The number of benzene rings is 1. The van der Waals surface area contributed by atoms with E-state index in [1.54, 1.807) is 19.1 Å². The molecule has 0 aliphatic heterocycles. The monoisotopic (exact) mass is 291 g/mol. The van der Waals surface area contributed by atoms with Gasteiger partial charge < -0.3 is 10.6 Å². The van der Waals surface area contributed by atoms with E-state index < -0.39 is 11.0 Å². The number of nitrogens with zero attached hydrogens (tertiary/aromatic N) is 1. The number of nitrogens with one attached hydrogen (secondary N) is 2. The molecule has 6 nitrogen and oxygen atoms in total. The molecular weight excluding hydrogens is 270 g/mol. The molecule has 2 N–H and O–H groups in total. The van der Waals surface area contributed by atoms with Crippen molar-refractivity contribution >= 4 is 17.3 Å². The van der Waals surface area contributed by atoms with Crippen molar-refractivity contribution in [1.82, 2.24) is 5.32 Å². The SMILES string of the molecule is C[C@@H](Nc1cccc([N+](=O)[O-])c1)C(=O)NC1CCCCC1. The minimum atomic E-state index is -0.446. The fraction of sp³-hybridized carbons (Fsp3) is 0.533. The smallest absolute Gasteiger partial charge is 0.271 e. The Labute approximate surface area is 124 Å². The second-order valence-corrected chi connectivity index (χ2v) is 5.52. The second kappa shape index (κ2) is 7.06. The quantitative estimate of drug-likeness (QED) is 0.645. The molecule has 0 bridgehead atoms. The van der Waals surface area contributed by atoms with E-state index in [0.29, 0.717) is 5.69 Å². The van der Waals surface area contributed by atoms with Crippen LogP contribution in [-0.4, -0.2) is 22.9 Å². The summed E-state index contributed by atoms with van der Waals surface area (Å²) in [6.07, 6.45) is 5.65. The standard InChI is InChI=1S/C15H21N3O3/c1-11(15(19)17-12-6-3-2-4-7-12)16-13-8-5-9-14(10-13)18(20)21/h5,8-12,16H,2-4,6-7H2,1H3,(H,17,19)/t11-/m1/s1. The number of hydrogen-bond acceptors (Lipinski definition) is 4. The van der Waals surface area contributed by atoms with E-state index in [9.17, 15) is 14.9 Å². The van der Waals surface area contributed by atoms with E-state index in [0.717, 1.165) is 25.7 Å². The van der Waals surface area contributed by atoms with Crippen LogP contribution in [0.5, 0.6) is 0 Å². The summed E-state index contributed by atoms with van der Waals surface area (Å²) in [4.78, 5) is 22.4. The summed E-state index contributed by atoms with van der Waals surface area (Å²) in [6.45, 7) is 1.76. The van der Waals surface area contributed by atoms with Crippen LogP contribution in [0.1, 0.15) is 39.0 Å². The Hall–Kier alpha value is -2.11. The predicted octanol–water partition coefficient (Wildman–Crippen LogP) is 2.84. The highest BCUT2D eigenvalue weighted by atomic mass is 16.6. The molecule has 0 radical (unpaired) electrons. The number of carbonyl (C=O) groups is 1. The molecule has 1 atom stereocenters. The van der Waals surface area contributed by atoms with Gasteiger partial charge in [-0.25, -0.2) is 0 Å². The van der Waals surface area contributed by atoms with E-state index in [1.165, 1.54) is 18.6 Å². The number of carbonyl (C=O) groups excluding carboxylic acids is 1. The summed E-state index contributed by atoms with van der Waals surface area (Å²) < 4.78 is 0. The van der Waals surface area contributed by atoms with Gasteiger partial charge in [-0.3, -0.25) is 14.9 Å².